The number of amides is 2. The number of benzene rings is 1. The van der Waals surface area contributed by atoms with Gasteiger partial charge in [0.15, 0.2) is 0 Å². The van der Waals surface area contributed by atoms with Gasteiger partial charge >= 0.3 is 18.2 Å². The highest BCUT2D eigenvalue weighted by Crippen LogP contribution is 2.27. The van der Waals surface area contributed by atoms with E-state index in [-0.39, 0.29) is 32.8 Å². The Hall–Kier alpha value is -2.81. The molecule has 2 rings (SSSR count). The van der Waals surface area contributed by atoms with Crippen LogP contribution in [0.1, 0.15) is 47.1 Å². The Morgan fingerprint density at radius 1 is 0.969 bits per heavy atom. The van der Waals surface area contributed by atoms with Crippen LogP contribution in [0.2, 0.25) is 0 Å². The van der Waals surface area contributed by atoms with Crippen molar-refractivity contribution in [3.8, 4) is 0 Å². The lowest BCUT2D eigenvalue weighted by atomic mass is 9.94. The molecule has 0 aromatic heterocycles. The number of hydrogen-bond acceptors (Lipinski definition) is 7. The van der Waals surface area contributed by atoms with E-state index in [0.29, 0.717) is 0 Å². The zero-order chi connectivity index (χ0) is 24.0. The normalized spacial score (nSPS) is 15.4. The Kier molecular flexibility index (Phi) is 8.12. The molecule has 1 aliphatic rings. The average Bonchev–Trinajstić information content (AvgIpc) is 2.63. The number of ether oxygens (including phenoxy) is 4. The summed E-state index contributed by atoms with van der Waals surface area (Å²) in [5, 5.41) is 2.66. The smallest absolute Gasteiger partial charge is 0.410 e. The molecule has 0 unspecified atom stereocenters. The lowest BCUT2D eigenvalue weighted by molar-refractivity contribution is -0.178. The molecule has 1 aromatic carbocycles. The van der Waals surface area contributed by atoms with Gasteiger partial charge in [0.25, 0.3) is 0 Å². The zero-order valence-electron chi connectivity index (χ0n) is 19.7. The fraction of sp³-hybridized carbons (Fsp3) is 0.609. The summed E-state index contributed by atoms with van der Waals surface area (Å²) in [6, 6.07) is 9.29. The first kappa shape index (κ1) is 25.5. The Morgan fingerprint density at radius 3 is 2.12 bits per heavy atom. The second kappa shape index (κ2) is 10.2. The number of carbonyl (C=O) groups excluding carboxylic acids is 3. The molecule has 1 saturated heterocycles. The second-order valence-corrected chi connectivity index (χ2v) is 9.81. The third kappa shape index (κ3) is 8.74. The fourth-order valence-corrected chi connectivity index (χ4v) is 2.95. The topological polar surface area (TPSA) is 103 Å². The maximum atomic E-state index is 12.3. The van der Waals surface area contributed by atoms with Crippen molar-refractivity contribution in [1.29, 1.82) is 0 Å². The van der Waals surface area contributed by atoms with Crippen molar-refractivity contribution in [2.24, 2.45) is 0 Å². The SMILES string of the molecule is CC(C)(C)OC(=O)COC1(CNC(=O)OCc2ccccc2)CN(C(=O)OC(C)(C)C)C1. The van der Waals surface area contributed by atoms with Gasteiger partial charge in [0.05, 0.1) is 19.6 Å². The number of alkyl carbamates (subject to hydrolysis) is 1. The monoisotopic (exact) mass is 450 g/mol. The van der Waals surface area contributed by atoms with Crippen molar-refractivity contribution >= 4 is 18.2 Å². The van der Waals surface area contributed by atoms with Crippen LogP contribution in [0, 0.1) is 0 Å². The predicted octanol–water partition coefficient (Wildman–Crippen LogP) is 3.26. The predicted molar refractivity (Wildman–Crippen MR) is 117 cm³/mol. The molecule has 32 heavy (non-hydrogen) atoms. The molecular formula is C23H34N2O7. The van der Waals surface area contributed by atoms with Gasteiger partial charge in [0, 0.05) is 0 Å². The molecule has 0 radical (unpaired) electrons. The van der Waals surface area contributed by atoms with Crippen molar-refractivity contribution in [2.45, 2.75) is 65.0 Å². The van der Waals surface area contributed by atoms with E-state index in [1.54, 1.807) is 41.5 Å². The molecule has 0 saturated carbocycles. The highest BCUT2D eigenvalue weighted by atomic mass is 16.6. The second-order valence-electron chi connectivity index (χ2n) is 9.81. The summed E-state index contributed by atoms with van der Waals surface area (Å²) in [4.78, 5) is 38.0. The zero-order valence-corrected chi connectivity index (χ0v) is 19.7. The van der Waals surface area contributed by atoms with Crippen molar-refractivity contribution in [3.63, 3.8) is 0 Å². The molecule has 9 nitrogen and oxygen atoms in total. The summed E-state index contributed by atoms with van der Waals surface area (Å²) in [7, 11) is 0. The van der Waals surface area contributed by atoms with Crippen LogP contribution in [0.3, 0.4) is 0 Å². The molecule has 1 heterocycles. The third-order valence-electron chi connectivity index (χ3n) is 4.29. The van der Waals surface area contributed by atoms with Crippen LogP contribution in [0.15, 0.2) is 30.3 Å². The number of hydrogen-bond donors (Lipinski definition) is 1. The van der Waals surface area contributed by atoms with Gasteiger partial charge in [-0.1, -0.05) is 30.3 Å². The minimum absolute atomic E-state index is 0.0583. The highest BCUT2D eigenvalue weighted by Gasteiger charge is 2.48. The van der Waals surface area contributed by atoms with Crippen LogP contribution in [0.25, 0.3) is 0 Å². The molecule has 2 amide bonds. The van der Waals surface area contributed by atoms with Gasteiger partial charge in [-0.05, 0) is 47.1 Å². The average molecular weight is 451 g/mol. The summed E-state index contributed by atoms with van der Waals surface area (Å²) in [6.45, 7) is 10.8. The van der Waals surface area contributed by atoms with Gasteiger partial charge in [-0.2, -0.15) is 0 Å². The summed E-state index contributed by atoms with van der Waals surface area (Å²) in [5.74, 6) is -0.528. The summed E-state index contributed by atoms with van der Waals surface area (Å²) in [6.07, 6.45) is -1.11. The van der Waals surface area contributed by atoms with E-state index < -0.39 is 35.0 Å². The Labute approximate surface area is 189 Å². The van der Waals surface area contributed by atoms with Crippen LogP contribution >= 0.6 is 0 Å². The number of carbonyl (C=O) groups is 3. The summed E-state index contributed by atoms with van der Waals surface area (Å²) < 4.78 is 21.7. The molecule has 1 N–H and O–H groups in total. The Bertz CT molecular complexity index is 785. The largest absolute Gasteiger partial charge is 0.458 e. The quantitative estimate of drug-likeness (QED) is 0.502. The Morgan fingerprint density at radius 2 is 1.56 bits per heavy atom. The van der Waals surface area contributed by atoms with Crippen molar-refractivity contribution in [1.82, 2.24) is 10.2 Å². The van der Waals surface area contributed by atoms with Crippen LogP contribution < -0.4 is 5.32 Å². The van der Waals surface area contributed by atoms with Gasteiger partial charge in [0.1, 0.15) is 30.0 Å². The molecule has 1 fully saturated rings. The van der Waals surface area contributed by atoms with Gasteiger partial charge < -0.3 is 29.2 Å². The van der Waals surface area contributed by atoms with E-state index in [9.17, 15) is 14.4 Å². The van der Waals surface area contributed by atoms with Crippen molar-refractivity contribution in [2.75, 3.05) is 26.2 Å². The molecular weight excluding hydrogens is 416 g/mol. The minimum atomic E-state index is -0.945. The molecule has 178 valence electrons. The van der Waals surface area contributed by atoms with Crippen LogP contribution in [0.4, 0.5) is 9.59 Å². The fourth-order valence-electron chi connectivity index (χ4n) is 2.95. The number of likely N-dealkylation sites (tertiary alicyclic amines) is 1. The van der Waals surface area contributed by atoms with Crippen LogP contribution in [-0.4, -0.2) is 66.1 Å². The van der Waals surface area contributed by atoms with Gasteiger partial charge in [0.2, 0.25) is 0 Å². The van der Waals surface area contributed by atoms with E-state index >= 15 is 0 Å². The van der Waals surface area contributed by atoms with Crippen molar-refractivity contribution in [3.05, 3.63) is 35.9 Å². The first-order valence-electron chi connectivity index (χ1n) is 10.6. The van der Waals surface area contributed by atoms with Crippen molar-refractivity contribution < 1.29 is 33.3 Å². The highest BCUT2D eigenvalue weighted by molar-refractivity contribution is 5.72. The van der Waals surface area contributed by atoms with Gasteiger partial charge in [-0.25, -0.2) is 14.4 Å². The number of nitrogens with one attached hydrogen (secondary N) is 1. The maximum absolute atomic E-state index is 12.3. The molecule has 9 heteroatoms. The third-order valence-corrected chi connectivity index (χ3v) is 4.29. The first-order valence-corrected chi connectivity index (χ1v) is 10.6. The first-order chi connectivity index (χ1) is 14.8. The lowest BCUT2D eigenvalue weighted by Gasteiger charge is -2.49. The maximum Gasteiger partial charge on any atom is 0.410 e. The number of rotatable bonds is 7. The standard InChI is InChI=1S/C23H34N2O7/c1-21(2,3)31-18(26)13-30-23(15-25(16-23)20(28)32-22(4,5)6)14-24-19(27)29-12-17-10-8-7-9-11-17/h7-11H,12-16H2,1-6H3,(H,24,27). The van der Waals surface area contributed by atoms with Gasteiger partial charge in [-0.3, -0.25) is 0 Å². The van der Waals surface area contributed by atoms with E-state index in [2.05, 4.69) is 5.32 Å². The minimum Gasteiger partial charge on any atom is -0.458 e. The van der Waals surface area contributed by atoms with E-state index in [4.69, 9.17) is 18.9 Å². The number of nitrogens with zero attached hydrogens (tertiary/aromatic N) is 1. The Balaban J connectivity index is 1.91. The van der Waals surface area contributed by atoms with E-state index in [0.717, 1.165) is 5.56 Å². The van der Waals surface area contributed by atoms with E-state index in [1.807, 2.05) is 30.3 Å². The molecule has 0 aliphatic carbocycles. The molecule has 0 atom stereocenters. The number of esters is 1. The summed E-state index contributed by atoms with van der Waals surface area (Å²) >= 11 is 0. The van der Waals surface area contributed by atoms with Gasteiger partial charge in [-0.15, -0.1) is 0 Å². The summed E-state index contributed by atoms with van der Waals surface area (Å²) in [5.41, 5.74) is -1.36. The van der Waals surface area contributed by atoms with Crippen LogP contribution in [0.5, 0.6) is 0 Å². The molecule has 0 bridgehead atoms. The molecule has 0 spiro atoms. The van der Waals surface area contributed by atoms with Crippen LogP contribution in [-0.2, 0) is 30.3 Å². The van der Waals surface area contributed by atoms with E-state index in [1.165, 1.54) is 4.90 Å². The lowest BCUT2D eigenvalue weighted by Crippen LogP contribution is -2.69. The molecule has 1 aliphatic heterocycles. The molecule has 1 aromatic rings.